The fraction of sp³-hybridized carbons (Fsp3) is 0.375. The molecule has 0 saturated heterocycles. The summed E-state index contributed by atoms with van der Waals surface area (Å²) in [5.41, 5.74) is 1.06. The van der Waals surface area contributed by atoms with Crippen molar-refractivity contribution in [1.82, 2.24) is 9.88 Å². The van der Waals surface area contributed by atoms with Crippen LogP contribution in [0.25, 0.3) is 0 Å². The van der Waals surface area contributed by atoms with Crippen LogP contribution in [0.3, 0.4) is 0 Å². The van der Waals surface area contributed by atoms with Crippen molar-refractivity contribution in [2.45, 2.75) is 26.0 Å². The van der Waals surface area contributed by atoms with Gasteiger partial charge in [-0.1, -0.05) is 13.0 Å². The third-order valence-corrected chi connectivity index (χ3v) is 4.45. The SMILES string of the molecule is CCC(c1cccnc1)N(C)C(=O)c1ccc(COC)s1. The number of hydrogen-bond donors (Lipinski definition) is 0. The van der Waals surface area contributed by atoms with E-state index in [1.807, 2.05) is 37.5 Å². The molecule has 2 aromatic rings. The van der Waals surface area contributed by atoms with Gasteiger partial charge in [-0.2, -0.15) is 0 Å². The maximum absolute atomic E-state index is 12.6. The van der Waals surface area contributed by atoms with Crippen molar-refractivity contribution < 1.29 is 9.53 Å². The van der Waals surface area contributed by atoms with E-state index in [-0.39, 0.29) is 11.9 Å². The zero-order valence-electron chi connectivity index (χ0n) is 12.6. The van der Waals surface area contributed by atoms with Crippen LogP contribution in [0.4, 0.5) is 0 Å². The highest BCUT2D eigenvalue weighted by Crippen LogP contribution is 2.26. The van der Waals surface area contributed by atoms with E-state index in [4.69, 9.17) is 4.74 Å². The lowest BCUT2D eigenvalue weighted by Gasteiger charge is -2.27. The van der Waals surface area contributed by atoms with Gasteiger partial charge in [-0.3, -0.25) is 9.78 Å². The molecule has 0 saturated carbocycles. The summed E-state index contributed by atoms with van der Waals surface area (Å²) in [6, 6.07) is 7.77. The Hall–Kier alpha value is -1.72. The highest BCUT2D eigenvalue weighted by Gasteiger charge is 2.22. The summed E-state index contributed by atoms with van der Waals surface area (Å²) < 4.78 is 5.10. The maximum Gasteiger partial charge on any atom is 0.264 e. The second kappa shape index (κ2) is 7.33. The van der Waals surface area contributed by atoms with Gasteiger partial charge in [0.15, 0.2) is 0 Å². The largest absolute Gasteiger partial charge is 0.379 e. The van der Waals surface area contributed by atoms with Crippen LogP contribution in [-0.2, 0) is 11.3 Å². The number of thiophene rings is 1. The molecule has 0 aliphatic rings. The number of ether oxygens (including phenoxy) is 1. The Kier molecular flexibility index (Phi) is 5.47. The molecule has 0 spiro atoms. The van der Waals surface area contributed by atoms with E-state index in [1.54, 1.807) is 18.2 Å². The second-order valence-corrected chi connectivity index (χ2v) is 5.99. The van der Waals surface area contributed by atoms with Crippen LogP contribution in [0.1, 0.15) is 39.5 Å². The summed E-state index contributed by atoms with van der Waals surface area (Å²) in [4.78, 5) is 20.3. The van der Waals surface area contributed by atoms with Gasteiger partial charge in [0.1, 0.15) is 0 Å². The normalized spacial score (nSPS) is 12.1. The minimum absolute atomic E-state index is 0.0399. The predicted octanol–water partition coefficient (Wildman–Crippen LogP) is 3.51. The smallest absolute Gasteiger partial charge is 0.264 e. The molecule has 0 fully saturated rings. The number of carbonyl (C=O) groups is 1. The molecule has 0 N–H and O–H groups in total. The van der Waals surface area contributed by atoms with Crippen molar-refractivity contribution in [1.29, 1.82) is 0 Å². The highest BCUT2D eigenvalue weighted by molar-refractivity contribution is 7.14. The quantitative estimate of drug-likeness (QED) is 0.820. The van der Waals surface area contributed by atoms with Crippen LogP contribution >= 0.6 is 11.3 Å². The molecule has 0 radical (unpaired) electrons. The number of amides is 1. The Morgan fingerprint density at radius 3 is 2.86 bits per heavy atom. The van der Waals surface area contributed by atoms with E-state index in [0.717, 1.165) is 21.7 Å². The summed E-state index contributed by atoms with van der Waals surface area (Å²) >= 11 is 1.49. The molecular weight excluding hydrogens is 284 g/mol. The number of carbonyl (C=O) groups excluding carboxylic acids is 1. The van der Waals surface area contributed by atoms with Gasteiger partial charge in [0.2, 0.25) is 0 Å². The highest BCUT2D eigenvalue weighted by atomic mass is 32.1. The molecule has 2 heterocycles. The molecule has 1 atom stereocenters. The summed E-state index contributed by atoms with van der Waals surface area (Å²) in [5, 5.41) is 0. The third kappa shape index (κ3) is 3.68. The van der Waals surface area contributed by atoms with Crippen molar-refractivity contribution in [2.24, 2.45) is 0 Å². The molecular formula is C16H20N2O2S. The summed E-state index contributed by atoms with van der Waals surface area (Å²) in [6.07, 6.45) is 4.42. The van der Waals surface area contributed by atoms with Gasteiger partial charge in [0.25, 0.3) is 5.91 Å². The first-order valence-corrected chi connectivity index (χ1v) is 7.73. The first-order chi connectivity index (χ1) is 10.2. The van der Waals surface area contributed by atoms with Gasteiger partial charge in [-0.05, 0) is 30.2 Å². The van der Waals surface area contributed by atoms with Crippen LogP contribution in [0.5, 0.6) is 0 Å². The van der Waals surface area contributed by atoms with Crippen molar-refractivity contribution in [2.75, 3.05) is 14.2 Å². The number of hydrogen-bond acceptors (Lipinski definition) is 4. The van der Waals surface area contributed by atoms with E-state index >= 15 is 0 Å². The van der Waals surface area contributed by atoms with E-state index in [2.05, 4.69) is 11.9 Å². The van der Waals surface area contributed by atoms with Crippen LogP contribution in [0.15, 0.2) is 36.7 Å². The van der Waals surface area contributed by atoms with Gasteiger partial charge >= 0.3 is 0 Å². The minimum Gasteiger partial charge on any atom is -0.379 e. The Morgan fingerprint density at radius 1 is 1.43 bits per heavy atom. The zero-order valence-corrected chi connectivity index (χ0v) is 13.4. The Morgan fingerprint density at radius 2 is 2.24 bits per heavy atom. The zero-order chi connectivity index (χ0) is 15.2. The van der Waals surface area contributed by atoms with Gasteiger partial charge in [0.05, 0.1) is 17.5 Å². The van der Waals surface area contributed by atoms with Crippen LogP contribution in [0, 0.1) is 0 Å². The first-order valence-electron chi connectivity index (χ1n) is 6.92. The Bertz CT molecular complexity index is 583. The van der Waals surface area contributed by atoms with E-state index < -0.39 is 0 Å². The number of pyridine rings is 1. The van der Waals surface area contributed by atoms with Crippen molar-refractivity contribution in [3.8, 4) is 0 Å². The van der Waals surface area contributed by atoms with E-state index in [9.17, 15) is 4.79 Å². The molecule has 0 aliphatic carbocycles. The molecule has 2 rings (SSSR count). The molecule has 4 nitrogen and oxygen atoms in total. The average molecular weight is 304 g/mol. The van der Waals surface area contributed by atoms with Crippen LogP contribution < -0.4 is 0 Å². The Balaban J connectivity index is 2.16. The Labute approximate surface area is 129 Å². The second-order valence-electron chi connectivity index (χ2n) is 4.83. The molecule has 112 valence electrons. The predicted molar refractivity (Wildman–Crippen MR) is 84.4 cm³/mol. The van der Waals surface area contributed by atoms with Crippen LogP contribution in [-0.4, -0.2) is 29.9 Å². The molecule has 1 unspecified atom stereocenters. The van der Waals surface area contributed by atoms with Crippen LogP contribution in [0.2, 0.25) is 0 Å². The van der Waals surface area contributed by atoms with Crippen molar-refractivity contribution >= 4 is 17.2 Å². The number of aromatic nitrogens is 1. The van der Waals surface area contributed by atoms with E-state index in [1.165, 1.54) is 11.3 Å². The third-order valence-electron chi connectivity index (χ3n) is 3.40. The fourth-order valence-electron chi connectivity index (χ4n) is 2.33. The monoisotopic (exact) mass is 304 g/mol. The van der Waals surface area contributed by atoms with Gasteiger partial charge < -0.3 is 9.64 Å². The van der Waals surface area contributed by atoms with Gasteiger partial charge in [0, 0.05) is 31.4 Å². The molecule has 5 heteroatoms. The first kappa shape index (κ1) is 15.7. The molecule has 2 aromatic heterocycles. The lowest BCUT2D eigenvalue weighted by atomic mass is 10.1. The molecule has 0 aromatic carbocycles. The summed E-state index contributed by atoms with van der Waals surface area (Å²) in [6.45, 7) is 2.62. The lowest BCUT2D eigenvalue weighted by Crippen LogP contribution is -2.30. The maximum atomic E-state index is 12.6. The van der Waals surface area contributed by atoms with Crippen molar-refractivity contribution in [3.63, 3.8) is 0 Å². The molecule has 0 bridgehead atoms. The topological polar surface area (TPSA) is 42.4 Å². The molecule has 0 aliphatic heterocycles. The summed E-state index contributed by atoms with van der Waals surface area (Å²) in [7, 11) is 3.50. The number of methoxy groups -OCH3 is 1. The average Bonchev–Trinajstić information content (AvgIpc) is 2.97. The van der Waals surface area contributed by atoms with E-state index in [0.29, 0.717) is 6.61 Å². The number of rotatable bonds is 6. The molecule has 21 heavy (non-hydrogen) atoms. The molecule has 1 amide bonds. The standard InChI is InChI=1S/C16H20N2O2S/c1-4-14(12-6-5-9-17-10-12)18(2)16(19)15-8-7-13(21-15)11-20-3/h5-10,14H,4,11H2,1-3H3. The fourth-order valence-corrected chi connectivity index (χ4v) is 3.30. The van der Waals surface area contributed by atoms with Gasteiger partial charge in [-0.15, -0.1) is 11.3 Å². The van der Waals surface area contributed by atoms with Crippen molar-refractivity contribution in [3.05, 3.63) is 52.0 Å². The summed E-state index contributed by atoms with van der Waals surface area (Å²) in [5.74, 6) is 0.0399. The number of nitrogens with zero attached hydrogens (tertiary/aromatic N) is 2. The van der Waals surface area contributed by atoms with Gasteiger partial charge in [-0.25, -0.2) is 0 Å². The minimum atomic E-state index is 0.0399. The lowest BCUT2D eigenvalue weighted by molar-refractivity contribution is 0.0731.